The Balaban J connectivity index is 2.13. The molecule has 1 spiro atoms. The number of allylic oxidation sites excluding steroid dienone is 1. The number of carbonyl (C=O) groups is 3. The van der Waals surface area contributed by atoms with Crippen LogP contribution in [0.3, 0.4) is 0 Å². The summed E-state index contributed by atoms with van der Waals surface area (Å²) >= 11 is 0. The van der Waals surface area contributed by atoms with E-state index in [1.807, 2.05) is 13.8 Å². The summed E-state index contributed by atoms with van der Waals surface area (Å²) in [5.74, 6) is -1.24. The van der Waals surface area contributed by atoms with Crippen LogP contribution >= 0.6 is 0 Å². The standard InChI is InChI=1S/C21H22N2O5/c1-20(2)9-12-15(13(24)10-20)21(19(26)23(12)3)11-7-5-6-8-14(11)28-17(22)16(21)18(25)27-4/h5-8H,9-10,22H2,1-4H3. The average molecular weight is 382 g/mol. The van der Waals surface area contributed by atoms with Gasteiger partial charge in [-0.05, 0) is 17.9 Å². The Morgan fingerprint density at radius 2 is 1.89 bits per heavy atom. The van der Waals surface area contributed by atoms with E-state index in [4.69, 9.17) is 15.2 Å². The van der Waals surface area contributed by atoms with Gasteiger partial charge in [0.25, 0.3) is 0 Å². The van der Waals surface area contributed by atoms with Crippen molar-refractivity contribution in [1.82, 2.24) is 4.90 Å². The zero-order valence-electron chi connectivity index (χ0n) is 16.3. The van der Waals surface area contributed by atoms with Gasteiger partial charge in [0.1, 0.15) is 16.7 Å². The first-order valence-electron chi connectivity index (χ1n) is 9.06. The number of amides is 1. The molecule has 7 heteroatoms. The number of hydrogen-bond acceptors (Lipinski definition) is 6. The predicted octanol–water partition coefficient (Wildman–Crippen LogP) is 1.78. The van der Waals surface area contributed by atoms with Crippen molar-refractivity contribution in [2.24, 2.45) is 11.1 Å². The topological polar surface area (TPSA) is 98.9 Å². The lowest BCUT2D eigenvalue weighted by Crippen LogP contribution is -2.49. The quantitative estimate of drug-likeness (QED) is 0.744. The minimum Gasteiger partial charge on any atom is -0.465 e. The van der Waals surface area contributed by atoms with Crippen molar-refractivity contribution < 1.29 is 23.9 Å². The van der Waals surface area contributed by atoms with Crippen LogP contribution in [0.15, 0.2) is 47.0 Å². The molecule has 1 atom stereocenters. The van der Waals surface area contributed by atoms with Crippen molar-refractivity contribution in [3.8, 4) is 5.75 Å². The van der Waals surface area contributed by atoms with E-state index >= 15 is 0 Å². The maximum atomic E-state index is 13.7. The first kappa shape index (κ1) is 18.3. The molecule has 4 rings (SSSR count). The van der Waals surface area contributed by atoms with E-state index in [1.165, 1.54) is 12.0 Å². The van der Waals surface area contributed by atoms with Crippen LogP contribution in [-0.2, 0) is 24.5 Å². The number of methoxy groups -OCH3 is 1. The van der Waals surface area contributed by atoms with Crippen LogP contribution in [0.1, 0.15) is 32.3 Å². The van der Waals surface area contributed by atoms with Crippen LogP contribution in [0.5, 0.6) is 5.75 Å². The lowest BCUT2D eigenvalue weighted by Gasteiger charge is -2.38. The molecule has 0 aromatic heterocycles. The summed E-state index contributed by atoms with van der Waals surface area (Å²) in [6.07, 6.45) is 0.807. The fourth-order valence-electron chi connectivity index (χ4n) is 4.67. The summed E-state index contributed by atoms with van der Waals surface area (Å²) in [6.45, 7) is 3.97. The van der Waals surface area contributed by atoms with E-state index in [9.17, 15) is 14.4 Å². The van der Waals surface area contributed by atoms with Gasteiger partial charge < -0.3 is 20.1 Å². The number of hydrogen-bond donors (Lipinski definition) is 1. The van der Waals surface area contributed by atoms with E-state index in [0.29, 0.717) is 29.0 Å². The third-order valence-corrected chi connectivity index (χ3v) is 5.78. The lowest BCUT2D eigenvalue weighted by molar-refractivity contribution is -0.140. The third-order valence-electron chi connectivity index (χ3n) is 5.78. The molecule has 1 unspecified atom stereocenters. The highest BCUT2D eigenvalue weighted by Gasteiger charge is 2.64. The molecule has 0 saturated heterocycles. The van der Waals surface area contributed by atoms with Crippen molar-refractivity contribution in [2.45, 2.75) is 32.1 Å². The number of benzene rings is 1. The minimum absolute atomic E-state index is 0.136. The summed E-state index contributed by atoms with van der Waals surface area (Å²) in [5, 5.41) is 0. The molecule has 3 aliphatic rings. The largest absolute Gasteiger partial charge is 0.465 e. The van der Waals surface area contributed by atoms with Crippen LogP contribution in [0.4, 0.5) is 0 Å². The number of nitrogens with zero attached hydrogens (tertiary/aromatic N) is 1. The molecule has 1 aliphatic carbocycles. The SMILES string of the molecule is COC(=O)C1=C(N)Oc2ccccc2C12C(=O)N(C)C1=C2C(=O)CC(C)(C)C1. The summed E-state index contributed by atoms with van der Waals surface area (Å²) in [7, 11) is 2.84. The number of ether oxygens (including phenoxy) is 2. The Kier molecular flexibility index (Phi) is 3.72. The van der Waals surface area contributed by atoms with Gasteiger partial charge in [0.05, 0.1) is 7.11 Å². The highest BCUT2D eigenvalue weighted by Crippen LogP contribution is 2.57. The second-order valence-electron chi connectivity index (χ2n) is 8.21. The minimum atomic E-state index is -1.65. The van der Waals surface area contributed by atoms with Crippen LogP contribution in [0.25, 0.3) is 0 Å². The summed E-state index contributed by atoms with van der Waals surface area (Å²) < 4.78 is 10.6. The van der Waals surface area contributed by atoms with Gasteiger partial charge >= 0.3 is 5.97 Å². The van der Waals surface area contributed by atoms with Crippen molar-refractivity contribution >= 4 is 17.7 Å². The van der Waals surface area contributed by atoms with Crippen LogP contribution in [0.2, 0.25) is 0 Å². The van der Waals surface area contributed by atoms with E-state index < -0.39 is 17.3 Å². The summed E-state index contributed by atoms with van der Waals surface area (Å²) in [4.78, 5) is 41.3. The van der Waals surface area contributed by atoms with Crippen molar-refractivity contribution in [1.29, 1.82) is 0 Å². The molecule has 7 nitrogen and oxygen atoms in total. The number of para-hydroxylation sites is 1. The Bertz CT molecular complexity index is 1000. The number of fused-ring (bicyclic) bond motifs is 3. The smallest absolute Gasteiger partial charge is 0.340 e. The van der Waals surface area contributed by atoms with E-state index in [2.05, 4.69) is 0 Å². The monoisotopic (exact) mass is 382 g/mol. The van der Waals surface area contributed by atoms with Gasteiger partial charge in [-0.15, -0.1) is 0 Å². The van der Waals surface area contributed by atoms with Crippen LogP contribution in [-0.4, -0.2) is 36.7 Å². The second kappa shape index (κ2) is 5.70. The Morgan fingerprint density at radius 3 is 2.57 bits per heavy atom. The maximum Gasteiger partial charge on any atom is 0.340 e. The van der Waals surface area contributed by atoms with Gasteiger partial charge in [-0.2, -0.15) is 0 Å². The van der Waals surface area contributed by atoms with Crippen LogP contribution < -0.4 is 10.5 Å². The highest BCUT2D eigenvalue weighted by molar-refractivity contribution is 6.19. The number of rotatable bonds is 1. The average Bonchev–Trinajstić information content (AvgIpc) is 2.83. The Hall–Kier alpha value is -3.09. The Labute approximate surface area is 162 Å². The molecular formula is C21H22N2O5. The number of carbonyl (C=O) groups excluding carboxylic acids is 3. The zero-order chi connectivity index (χ0) is 20.4. The molecule has 0 fully saturated rings. The molecular weight excluding hydrogens is 360 g/mol. The van der Waals surface area contributed by atoms with Gasteiger partial charge in [-0.25, -0.2) is 4.79 Å². The molecule has 0 bridgehead atoms. The van der Waals surface area contributed by atoms with E-state index in [-0.39, 0.29) is 29.1 Å². The van der Waals surface area contributed by atoms with Crippen molar-refractivity contribution in [3.05, 3.63) is 52.6 Å². The van der Waals surface area contributed by atoms with Gasteiger partial charge in [-0.3, -0.25) is 9.59 Å². The molecule has 2 N–H and O–H groups in total. The van der Waals surface area contributed by atoms with Crippen molar-refractivity contribution in [3.63, 3.8) is 0 Å². The van der Waals surface area contributed by atoms with Gasteiger partial charge in [0, 0.05) is 30.3 Å². The van der Waals surface area contributed by atoms with Gasteiger partial charge in [0.15, 0.2) is 5.78 Å². The lowest BCUT2D eigenvalue weighted by atomic mass is 9.63. The molecule has 0 saturated carbocycles. The first-order chi connectivity index (χ1) is 13.1. The normalized spacial score (nSPS) is 25.6. The number of nitrogens with two attached hydrogens (primary N) is 1. The highest BCUT2D eigenvalue weighted by atomic mass is 16.5. The van der Waals surface area contributed by atoms with Gasteiger partial charge in [-0.1, -0.05) is 32.0 Å². The maximum absolute atomic E-state index is 13.7. The molecule has 2 aliphatic heterocycles. The fraction of sp³-hybridized carbons (Fsp3) is 0.381. The van der Waals surface area contributed by atoms with E-state index in [1.54, 1.807) is 31.3 Å². The predicted molar refractivity (Wildman–Crippen MR) is 99.8 cm³/mol. The number of esters is 1. The fourth-order valence-corrected chi connectivity index (χ4v) is 4.67. The number of likely N-dealkylation sites (N-methyl/N-ethyl adjacent to an activating group) is 1. The van der Waals surface area contributed by atoms with E-state index in [0.717, 1.165) is 0 Å². The summed E-state index contributed by atoms with van der Waals surface area (Å²) in [6, 6.07) is 6.84. The van der Waals surface area contributed by atoms with Gasteiger partial charge in [0.2, 0.25) is 11.8 Å². The molecule has 146 valence electrons. The number of ketones is 1. The summed E-state index contributed by atoms with van der Waals surface area (Å²) in [5.41, 5.74) is 5.39. The Morgan fingerprint density at radius 1 is 1.21 bits per heavy atom. The number of Topliss-reactive ketones (excluding diaryl/α,β-unsaturated/α-hetero) is 1. The molecule has 1 aromatic carbocycles. The molecule has 1 amide bonds. The zero-order valence-corrected chi connectivity index (χ0v) is 16.3. The first-order valence-corrected chi connectivity index (χ1v) is 9.06. The molecule has 1 aromatic rings. The third kappa shape index (κ3) is 2.13. The molecule has 28 heavy (non-hydrogen) atoms. The molecule has 2 heterocycles. The molecule has 0 radical (unpaired) electrons. The second-order valence-corrected chi connectivity index (χ2v) is 8.21. The van der Waals surface area contributed by atoms with Crippen LogP contribution in [0, 0.1) is 5.41 Å². The van der Waals surface area contributed by atoms with Crippen molar-refractivity contribution in [2.75, 3.05) is 14.2 Å².